The number of likely N-dealkylation sites (tertiary alicyclic amines) is 1. The van der Waals surface area contributed by atoms with Crippen LogP contribution in [0.15, 0.2) is 17.8 Å². The maximum absolute atomic E-state index is 6.08. The van der Waals surface area contributed by atoms with Crippen LogP contribution in [0.3, 0.4) is 0 Å². The van der Waals surface area contributed by atoms with Crippen molar-refractivity contribution in [3.63, 3.8) is 0 Å². The molecule has 1 spiro atoms. The Labute approximate surface area is 145 Å². The molecule has 124 valence electrons. The van der Waals surface area contributed by atoms with E-state index in [1.165, 1.54) is 25.1 Å². The monoisotopic (exact) mass is 350 g/mol. The molecule has 4 rings (SSSR count). The second-order valence-electron chi connectivity index (χ2n) is 6.66. The van der Waals surface area contributed by atoms with Gasteiger partial charge >= 0.3 is 0 Å². The Morgan fingerprint density at radius 3 is 3.00 bits per heavy atom. The minimum absolute atomic E-state index is 0.377. The molecule has 2 aliphatic heterocycles. The Bertz CT molecular complexity index is 677. The lowest BCUT2D eigenvalue weighted by Crippen LogP contribution is -2.58. The number of nitrogens with zero attached hydrogens (tertiary/aromatic N) is 4. The fourth-order valence-electron chi connectivity index (χ4n) is 3.50. The van der Waals surface area contributed by atoms with Gasteiger partial charge in [0.1, 0.15) is 0 Å². The number of hydrogen-bond acceptors (Lipinski definition) is 6. The smallest absolute Gasteiger partial charge is 0.0900 e. The molecular formula is C16H22N4OS2. The van der Waals surface area contributed by atoms with Crippen LogP contribution in [0, 0.1) is 6.92 Å². The van der Waals surface area contributed by atoms with Gasteiger partial charge in [-0.25, -0.2) is 4.98 Å². The summed E-state index contributed by atoms with van der Waals surface area (Å²) in [7, 11) is 1.97. The van der Waals surface area contributed by atoms with Crippen molar-refractivity contribution in [2.24, 2.45) is 7.05 Å². The summed E-state index contributed by atoms with van der Waals surface area (Å²) in [4.78, 5) is 6.98. The van der Waals surface area contributed by atoms with E-state index >= 15 is 0 Å². The van der Waals surface area contributed by atoms with Gasteiger partial charge in [0.25, 0.3) is 0 Å². The van der Waals surface area contributed by atoms with Gasteiger partial charge in [0.2, 0.25) is 0 Å². The van der Waals surface area contributed by atoms with Crippen molar-refractivity contribution in [3.8, 4) is 0 Å². The van der Waals surface area contributed by atoms with Crippen LogP contribution in [-0.2, 0) is 24.9 Å². The molecule has 0 bridgehead atoms. The van der Waals surface area contributed by atoms with Crippen LogP contribution in [0.2, 0.25) is 0 Å². The van der Waals surface area contributed by atoms with Gasteiger partial charge < -0.3 is 4.74 Å². The van der Waals surface area contributed by atoms with E-state index in [1.54, 1.807) is 11.3 Å². The van der Waals surface area contributed by atoms with Gasteiger partial charge in [-0.05, 0) is 13.3 Å². The first kappa shape index (κ1) is 15.6. The van der Waals surface area contributed by atoms with Crippen molar-refractivity contribution in [1.82, 2.24) is 19.7 Å². The van der Waals surface area contributed by atoms with Crippen LogP contribution in [0.1, 0.15) is 22.7 Å². The molecule has 4 heterocycles. The Hall–Kier alpha value is -0.890. The van der Waals surface area contributed by atoms with Crippen molar-refractivity contribution >= 4 is 23.1 Å². The first-order chi connectivity index (χ1) is 11.1. The molecule has 2 aromatic rings. The highest BCUT2D eigenvalue weighted by Gasteiger charge is 2.49. The van der Waals surface area contributed by atoms with Crippen molar-refractivity contribution in [2.75, 3.05) is 18.8 Å². The van der Waals surface area contributed by atoms with Crippen molar-refractivity contribution in [1.29, 1.82) is 0 Å². The quantitative estimate of drug-likeness (QED) is 0.829. The molecule has 2 saturated heterocycles. The summed E-state index contributed by atoms with van der Waals surface area (Å²) in [6.07, 6.45) is 5.62. The van der Waals surface area contributed by atoms with Gasteiger partial charge in [-0.3, -0.25) is 9.58 Å². The number of ether oxygens (including phenoxy) is 1. The summed E-state index contributed by atoms with van der Waals surface area (Å²) in [6, 6.07) is 0. The van der Waals surface area contributed by atoms with E-state index < -0.39 is 0 Å². The van der Waals surface area contributed by atoms with Crippen molar-refractivity contribution in [3.05, 3.63) is 34.0 Å². The Kier molecular flexibility index (Phi) is 4.21. The lowest BCUT2D eigenvalue weighted by atomic mass is 9.92. The summed E-state index contributed by atoms with van der Waals surface area (Å²) >= 11 is 3.79. The number of thiazole rings is 1. The first-order valence-corrected chi connectivity index (χ1v) is 9.83. The topological polar surface area (TPSA) is 43.2 Å². The molecule has 2 fully saturated rings. The number of rotatable bonds is 5. The van der Waals surface area contributed by atoms with Gasteiger partial charge in [-0.15, -0.1) is 23.1 Å². The molecule has 1 atom stereocenters. The first-order valence-electron chi connectivity index (χ1n) is 7.97. The van der Waals surface area contributed by atoms with E-state index in [1.807, 2.05) is 24.9 Å². The lowest BCUT2D eigenvalue weighted by molar-refractivity contribution is 0.0252. The van der Waals surface area contributed by atoms with Crippen LogP contribution >= 0.6 is 23.1 Å². The second kappa shape index (κ2) is 6.20. The molecule has 2 aromatic heterocycles. The predicted molar refractivity (Wildman–Crippen MR) is 93.7 cm³/mol. The summed E-state index contributed by atoms with van der Waals surface area (Å²) in [5.41, 5.74) is 2.38. The molecular weight excluding hydrogens is 328 g/mol. The standard InChI is InChI=1S/C16H22N4OS2/c1-12-18-14(8-22-12)7-21-15-3-16(23-9-15)10-20(11-16)6-13-4-17-19(2)5-13/h4-5,8,15H,3,6-7,9-11H2,1-2H3. The van der Waals surface area contributed by atoms with Crippen LogP contribution in [-0.4, -0.2) is 49.4 Å². The van der Waals surface area contributed by atoms with Crippen LogP contribution in [0.5, 0.6) is 0 Å². The Morgan fingerprint density at radius 1 is 1.43 bits per heavy atom. The number of aromatic nitrogens is 3. The van der Waals surface area contributed by atoms with Crippen LogP contribution < -0.4 is 0 Å². The molecule has 0 aliphatic carbocycles. The summed E-state index contributed by atoms with van der Waals surface area (Å²) in [5.74, 6) is 1.11. The largest absolute Gasteiger partial charge is 0.371 e. The number of aryl methyl sites for hydroxylation is 2. The van der Waals surface area contributed by atoms with Gasteiger partial charge in [0.15, 0.2) is 0 Å². The third-order valence-electron chi connectivity index (χ3n) is 4.50. The highest BCUT2D eigenvalue weighted by atomic mass is 32.2. The van der Waals surface area contributed by atoms with E-state index in [-0.39, 0.29) is 0 Å². The van der Waals surface area contributed by atoms with Gasteiger partial charge in [0.05, 0.1) is 29.6 Å². The van der Waals surface area contributed by atoms with Crippen molar-refractivity contribution in [2.45, 2.75) is 37.3 Å². The highest BCUT2D eigenvalue weighted by Crippen LogP contribution is 2.46. The molecule has 2 aliphatic rings. The van der Waals surface area contributed by atoms with E-state index in [0.29, 0.717) is 17.5 Å². The Morgan fingerprint density at radius 2 is 2.30 bits per heavy atom. The van der Waals surface area contributed by atoms with E-state index in [4.69, 9.17) is 4.74 Å². The second-order valence-corrected chi connectivity index (χ2v) is 9.21. The van der Waals surface area contributed by atoms with E-state index in [9.17, 15) is 0 Å². The average Bonchev–Trinajstić information content (AvgIpc) is 3.17. The third kappa shape index (κ3) is 3.47. The fraction of sp³-hybridized carbons (Fsp3) is 0.625. The minimum atomic E-state index is 0.377. The van der Waals surface area contributed by atoms with Gasteiger partial charge in [-0.2, -0.15) is 5.10 Å². The lowest BCUT2D eigenvalue weighted by Gasteiger charge is -2.47. The molecule has 0 N–H and O–H groups in total. The van der Waals surface area contributed by atoms with Gasteiger partial charge in [-0.1, -0.05) is 0 Å². The number of thioether (sulfide) groups is 1. The van der Waals surface area contributed by atoms with Crippen molar-refractivity contribution < 1.29 is 4.74 Å². The molecule has 0 aromatic carbocycles. The molecule has 1 unspecified atom stereocenters. The minimum Gasteiger partial charge on any atom is -0.371 e. The summed E-state index contributed by atoms with van der Waals surface area (Å²) in [5, 5.41) is 7.46. The molecule has 5 nitrogen and oxygen atoms in total. The molecule has 0 radical (unpaired) electrons. The molecule has 0 saturated carbocycles. The molecule has 0 amide bonds. The normalized spacial score (nSPS) is 23.5. The predicted octanol–water partition coefficient (Wildman–Crippen LogP) is 2.46. The zero-order valence-corrected chi connectivity index (χ0v) is 15.2. The van der Waals surface area contributed by atoms with E-state index in [2.05, 4.69) is 38.3 Å². The zero-order chi connectivity index (χ0) is 15.9. The fourth-order valence-corrected chi connectivity index (χ4v) is 5.70. The zero-order valence-electron chi connectivity index (χ0n) is 13.6. The average molecular weight is 351 g/mol. The van der Waals surface area contributed by atoms with Gasteiger partial charge in [0, 0.05) is 54.3 Å². The SMILES string of the molecule is Cc1nc(COC2CSC3(C2)CN(Cc2cnn(C)c2)C3)cs1. The Balaban J connectivity index is 1.23. The number of hydrogen-bond donors (Lipinski definition) is 0. The highest BCUT2D eigenvalue weighted by molar-refractivity contribution is 8.01. The maximum atomic E-state index is 6.08. The summed E-state index contributed by atoms with van der Waals surface area (Å²) in [6.45, 7) is 6.05. The van der Waals surface area contributed by atoms with Crippen LogP contribution in [0.4, 0.5) is 0 Å². The maximum Gasteiger partial charge on any atom is 0.0900 e. The molecule has 7 heteroatoms. The van der Waals surface area contributed by atoms with E-state index in [0.717, 1.165) is 23.0 Å². The van der Waals surface area contributed by atoms with Crippen LogP contribution in [0.25, 0.3) is 0 Å². The summed E-state index contributed by atoms with van der Waals surface area (Å²) < 4.78 is 8.38. The molecule has 23 heavy (non-hydrogen) atoms. The third-order valence-corrected chi connectivity index (χ3v) is 6.89.